The minimum atomic E-state index is -1.09. The number of esters is 1. The van der Waals surface area contributed by atoms with Crippen molar-refractivity contribution in [2.24, 2.45) is 0 Å². The number of benzene rings is 3. The Morgan fingerprint density at radius 1 is 0.969 bits per heavy atom. The van der Waals surface area contributed by atoms with Crippen LogP contribution in [0.3, 0.4) is 0 Å². The quantitative estimate of drug-likeness (QED) is 0.243. The normalized spacial score (nSPS) is 10.7. The molecule has 0 spiro atoms. The van der Waals surface area contributed by atoms with Gasteiger partial charge in [-0.2, -0.15) is 5.26 Å². The molecule has 0 aliphatic rings. The number of nitriles is 1. The van der Waals surface area contributed by atoms with Crippen LogP contribution < -0.4 is 10.1 Å². The average Bonchev–Trinajstić information content (AvgIpc) is 2.78. The van der Waals surface area contributed by atoms with Crippen molar-refractivity contribution in [3.05, 3.63) is 100 Å². The highest BCUT2D eigenvalue weighted by atomic mass is 35.5. The van der Waals surface area contributed by atoms with Crippen LogP contribution in [0, 0.1) is 11.3 Å². The van der Waals surface area contributed by atoms with Crippen LogP contribution >= 0.6 is 11.6 Å². The maximum Gasteiger partial charge on any atom is 0.343 e. The van der Waals surface area contributed by atoms with Crippen molar-refractivity contribution in [1.29, 1.82) is 5.26 Å². The molecule has 0 radical (unpaired) electrons. The topological polar surface area (TPSA) is 116 Å². The summed E-state index contributed by atoms with van der Waals surface area (Å²) in [5, 5.41) is 21.3. The number of rotatable bonds is 6. The number of hydrogen-bond donors (Lipinski definition) is 2. The molecule has 2 N–H and O–H groups in total. The molecule has 8 heteroatoms. The number of carbonyl (C=O) groups is 3. The van der Waals surface area contributed by atoms with Crippen molar-refractivity contribution in [2.75, 3.05) is 5.32 Å². The standard InChI is InChI=1S/C24H15ClN2O5/c25-19-8-4-17(5-9-19)24(31)32-21-3-1-2-15(13-21)12-18(14-26)22(28)27-20-10-6-16(7-11-20)23(29)30/h1-13H,(H,27,28)(H,29,30)/b18-12+. The van der Waals surface area contributed by atoms with E-state index in [-0.39, 0.29) is 16.9 Å². The van der Waals surface area contributed by atoms with Gasteiger partial charge in [-0.15, -0.1) is 0 Å². The van der Waals surface area contributed by atoms with Crippen molar-refractivity contribution in [3.8, 4) is 11.8 Å². The zero-order valence-electron chi connectivity index (χ0n) is 16.4. The molecule has 0 aliphatic carbocycles. The molecule has 0 unspecified atom stereocenters. The lowest BCUT2D eigenvalue weighted by Gasteiger charge is -2.07. The summed E-state index contributed by atoms with van der Waals surface area (Å²) in [6.07, 6.45) is 1.35. The van der Waals surface area contributed by atoms with E-state index in [9.17, 15) is 19.6 Å². The van der Waals surface area contributed by atoms with Crippen LogP contribution in [-0.2, 0) is 4.79 Å². The summed E-state index contributed by atoms with van der Waals surface area (Å²) in [5.74, 6) is -2.09. The summed E-state index contributed by atoms with van der Waals surface area (Å²) < 4.78 is 5.34. The van der Waals surface area contributed by atoms with Crippen LogP contribution in [0.25, 0.3) is 6.08 Å². The highest BCUT2D eigenvalue weighted by Crippen LogP contribution is 2.19. The van der Waals surface area contributed by atoms with Crippen LogP contribution in [0.2, 0.25) is 5.02 Å². The van der Waals surface area contributed by atoms with Crippen molar-refractivity contribution >= 4 is 41.2 Å². The molecular formula is C24H15ClN2O5. The number of aromatic carboxylic acids is 1. The molecule has 0 fully saturated rings. The number of nitrogens with zero attached hydrogens (tertiary/aromatic N) is 1. The fourth-order valence-electron chi connectivity index (χ4n) is 2.63. The average molecular weight is 447 g/mol. The van der Waals surface area contributed by atoms with Gasteiger partial charge in [-0.1, -0.05) is 23.7 Å². The Hall–Kier alpha value is -4.41. The van der Waals surface area contributed by atoms with E-state index in [1.807, 2.05) is 6.07 Å². The minimum Gasteiger partial charge on any atom is -0.478 e. The molecule has 0 saturated heterocycles. The summed E-state index contributed by atoms with van der Waals surface area (Å²) in [7, 11) is 0. The molecule has 0 atom stereocenters. The number of ether oxygens (including phenoxy) is 1. The Balaban J connectivity index is 1.73. The number of carboxylic acid groups (broad SMARTS) is 1. The molecule has 7 nitrogen and oxygen atoms in total. The molecular weight excluding hydrogens is 432 g/mol. The Morgan fingerprint density at radius 3 is 2.25 bits per heavy atom. The summed E-state index contributed by atoms with van der Waals surface area (Å²) >= 11 is 5.81. The predicted molar refractivity (Wildman–Crippen MR) is 118 cm³/mol. The molecule has 0 saturated carbocycles. The van der Waals surface area contributed by atoms with Gasteiger partial charge in [-0.3, -0.25) is 4.79 Å². The van der Waals surface area contributed by atoms with Crippen molar-refractivity contribution in [3.63, 3.8) is 0 Å². The van der Waals surface area contributed by atoms with Gasteiger partial charge in [0, 0.05) is 10.7 Å². The summed E-state index contributed by atoms with van der Waals surface area (Å²) in [6, 6.07) is 19.9. The molecule has 1 amide bonds. The monoisotopic (exact) mass is 446 g/mol. The molecule has 0 bridgehead atoms. The maximum atomic E-state index is 12.4. The van der Waals surface area contributed by atoms with Crippen molar-refractivity contribution in [2.45, 2.75) is 0 Å². The van der Waals surface area contributed by atoms with Gasteiger partial charge in [0.05, 0.1) is 11.1 Å². The van der Waals surface area contributed by atoms with Crippen molar-refractivity contribution in [1.82, 2.24) is 0 Å². The molecule has 3 aromatic carbocycles. The van der Waals surface area contributed by atoms with E-state index in [0.29, 0.717) is 21.8 Å². The number of hydrogen-bond acceptors (Lipinski definition) is 5. The van der Waals surface area contributed by atoms with E-state index in [1.54, 1.807) is 30.3 Å². The number of carbonyl (C=O) groups excluding carboxylic acids is 2. The predicted octanol–water partition coefficient (Wildman–Crippen LogP) is 4.80. The van der Waals surface area contributed by atoms with Gasteiger partial charge in [0.2, 0.25) is 0 Å². The summed E-state index contributed by atoms with van der Waals surface area (Å²) in [6.45, 7) is 0. The SMILES string of the molecule is N#C/C(=C\c1cccc(OC(=O)c2ccc(Cl)cc2)c1)C(=O)Nc1ccc(C(=O)O)cc1. The van der Waals surface area contributed by atoms with Gasteiger partial charge in [-0.25, -0.2) is 9.59 Å². The first-order chi connectivity index (χ1) is 15.4. The lowest BCUT2D eigenvalue weighted by Crippen LogP contribution is -2.13. The molecule has 0 heterocycles. The second kappa shape index (κ2) is 10.1. The molecule has 3 aromatic rings. The van der Waals surface area contributed by atoms with E-state index >= 15 is 0 Å². The first kappa shape index (κ1) is 22.3. The van der Waals surface area contributed by atoms with Gasteiger partial charge in [0.1, 0.15) is 17.4 Å². The molecule has 3 rings (SSSR count). The minimum absolute atomic E-state index is 0.0732. The Morgan fingerprint density at radius 2 is 1.62 bits per heavy atom. The molecule has 32 heavy (non-hydrogen) atoms. The molecule has 0 aromatic heterocycles. The van der Waals surface area contributed by atoms with E-state index < -0.39 is 17.8 Å². The largest absolute Gasteiger partial charge is 0.478 e. The van der Waals surface area contributed by atoms with Crippen LogP contribution in [0.5, 0.6) is 5.75 Å². The van der Waals surface area contributed by atoms with Crippen LogP contribution in [-0.4, -0.2) is 23.0 Å². The smallest absolute Gasteiger partial charge is 0.343 e. The highest BCUT2D eigenvalue weighted by molar-refractivity contribution is 6.30. The Labute approximate surface area is 188 Å². The van der Waals surface area contributed by atoms with Gasteiger partial charge in [0.15, 0.2) is 0 Å². The van der Waals surface area contributed by atoms with Crippen LogP contribution in [0.1, 0.15) is 26.3 Å². The molecule has 0 aliphatic heterocycles. The van der Waals surface area contributed by atoms with Gasteiger partial charge < -0.3 is 15.2 Å². The summed E-state index contributed by atoms with van der Waals surface area (Å²) in [5.41, 5.74) is 1.02. The van der Waals surface area contributed by atoms with Gasteiger partial charge in [-0.05, 0) is 72.3 Å². The maximum absolute atomic E-state index is 12.4. The third kappa shape index (κ3) is 5.81. The fourth-order valence-corrected chi connectivity index (χ4v) is 2.76. The highest BCUT2D eigenvalue weighted by Gasteiger charge is 2.12. The first-order valence-electron chi connectivity index (χ1n) is 9.20. The van der Waals surface area contributed by atoms with Gasteiger partial charge >= 0.3 is 11.9 Å². The number of anilines is 1. The Kier molecular flexibility index (Phi) is 7.01. The van der Waals surface area contributed by atoms with Crippen molar-refractivity contribution < 1.29 is 24.2 Å². The number of carboxylic acids is 1. The Bertz CT molecular complexity index is 1240. The van der Waals surface area contributed by atoms with E-state index in [4.69, 9.17) is 21.4 Å². The van der Waals surface area contributed by atoms with E-state index in [2.05, 4.69) is 5.32 Å². The number of nitrogens with one attached hydrogen (secondary N) is 1. The fraction of sp³-hybridized carbons (Fsp3) is 0. The first-order valence-corrected chi connectivity index (χ1v) is 9.58. The third-order valence-electron chi connectivity index (χ3n) is 4.21. The van der Waals surface area contributed by atoms with Crippen LogP contribution in [0.15, 0.2) is 78.4 Å². The molecule has 158 valence electrons. The van der Waals surface area contributed by atoms with E-state index in [1.165, 1.54) is 48.5 Å². The number of amides is 1. The second-order valence-electron chi connectivity index (χ2n) is 6.48. The third-order valence-corrected chi connectivity index (χ3v) is 4.47. The lowest BCUT2D eigenvalue weighted by molar-refractivity contribution is -0.112. The zero-order valence-corrected chi connectivity index (χ0v) is 17.2. The summed E-state index contributed by atoms with van der Waals surface area (Å²) in [4.78, 5) is 35.6. The number of halogens is 1. The van der Waals surface area contributed by atoms with Gasteiger partial charge in [0.25, 0.3) is 5.91 Å². The second-order valence-corrected chi connectivity index (χ2v) is 6.91. The lowest BCUT2D eigenvalue weighted by atomic mass is 10.1. The van der Waals surface area contributed by atoms with E-state index in [0.717, 1.165) is 0 Å². The zero-order chi connectivity index (χ0) is 23.1. The van der Waals surface area contributed by atoms with Crippen LogP contribution in [0.4, 0.5) is 5.69 Å².